The largest absolute Gasteiger partial charge is 0.380 e. The Morgan fingerprint density at radius 2 is 1.83 bits per heavy atom. The molecule has 144 valence electrons. The topological polar surface area (TPSA) is 52.1 Å². The van der Waals surface area contributed by atoms with E-state index in [0.29, 0.717) is 5.92 Å². The molecule has 2 N–H and O–H groups in total. The van der Waals surface area contributed by atoms with E-state index < -0.39 is 0 Å². The normalized spacial score (nSPS) is 17.5. The van der Waals surface area contributed by atoms with Crippen LogP contribution in [0.1, 0.15) is 26.7 Å². The smallest absolute Gasteiger partial charge is 0.191 e. The summed E-state index contributed by atoms with van der Waals surface area (Å²) >= 11 is 0. The van der Waals surface area contributed by atoms with Crippen molar-refractivity contribution in [3.05, 3.63) is 0 Å². The van der Waals surface area contributed by atoms with Crippen LogP contribution in [0, 0.1) is 5.92 Å². The van der Waals surface area contributed by atoms with Crippen molar-refractivity contribution < 1.29 is 4.74 Å². The van der Waals surface area contributed by atoms with Gasteiger partial charge in [0.2, 0.25) is 0 Å². The third-order valence-corrected chi connectivity index (χ3v) is 4.13. The first-order valence-corrected chi connectivity index (χ1v) is 9.05. The lowest BCUT2D eigenvalue weighted by Gasteiger charge is -2.21. The van der Waals surface area contributed by atoms with Gasteiger partial charge in [-0.3, -0.25) is 4.99 Å². The van der Waals surface area contributed by atoms with Crippen molar-refractivity contribution in [2.75, 3.05) is 73.1 Å². The van der Waals surface area contributed by atoms with Crippen LogP contribution < -0.4 is 10.6 Å². The minimum Gasteiger partial charge on any atom is -0.380 e. The molecule has 0 atom stereocenters. The number of hydrogen-bond acceptors (Lipinski definition) is 4. The van der Waals surface area contributed by atoms with Crippen molar-refractivity contribution in [1.29, 1.82) is 0 Å². The lowest BCUT2D eigenvalue weighted by Crippen LogP contribution is -2.43. The minimum atomic E-state index is 0. The van der Waals surface area contributed by atoms with Gasteiger partial charge in [-0.2, -0.15) is 0 Å². The number of rotatable bonds is 9. The molecular weight excluding hydrogens is 417 g/mol. The Balaban J connectivity index is 0.00000529. The van der Waals surface area contributed by atoms with Crippen LogP contribution in [0.3, 0.4) is 0 Å². The minimum absolute atomic E-state index is 0. The molecule has 0 unspecified atom stereocenters. The fourth-order valence-corrected chi connectivity index (χ4v) is 2.54. The van der Waals surface area contributed by atoms with E-state index >= 15 is 0 Å². The molecule has 0 aromatic carbocycles. The predicted octanol–water partition coefficient (Wildman–Crippen LogP) is 1.47. The van der Waals surface area contributed by atoms with Crippen LogP contribution in [0.5, 0.6) is 0 Å². The predicted molar refractivity (Wildman–Crippen MR) is 114 cm³/mol. The highest BCUT2D eigenvalue weighted by atomic mass is 127. The number of nitrogens with zero attached hydrogens (tertiary/aromatic N) is 3. The molecule has 1 aliphatic rings. The molecule has 24 heavy (non-hydrogen) atoms. The molecule has 1 heterocycles. The molecule has 1 fully saturated rings. The Kier molecular flexibility index (Phi) is 15.1. The zero-order valence-corrected chi connectivity index (χ0v) is 18.3. The molecule has 0 radical (unpaired) electrons. The van der Waals surface area contributed by atoms with Gasteiger partial charge in [0, 0.05) is 46.4 Å². The molecule has 0 spiro atoms. The summed E-state index contributed by atoms with van der Waals surface area (Å²) in [5, 5.41) is 6.69. The van der Waals surface area contributed by atoms with Crippen LogP contribution in [0.15, 0.2) is 4.99 Å². The van der Waals surface area contributed by atoms with E-state index in [9.17, 15) is 0 Å². The highest BCUT2D eigenvalue weighted by Crippen LogP contribution is 2.00. The molecule has 6 nitrogen and oxygen atoms in total. The first kappa shape index (κ1) is 23.9. The quantitative estimate of drug-likeness (QED) is 0.239. The summed E-state index contributed by atoms with van der Waals surface area (Å²) < 4.78 is 5.60. The summed E-state index contributed by atoms with van der Waals surface area (Å²) in [7, 11) is 4.02. The van der Waals surface area contributed by atoms with Gasteiger partial charge in [0.25, 0.3) is 0 Å². The molecule has 1 rings (SSSR count). The second-order valence-corrected chi connectivity index (χ2v) is 6.72. The lowest BCUT2D eigenvalue weighted by atomic mass is 10.1. The maximum Gasteiger partial charge on any atom is 0.191 e. The van der Waals surface area contributed by atoms with Crippen molar-refractivity contribution in [1.82, 2.24) is 20.4 Å². The number of ether oxygens (including phenoxy) is 1. The van der Waals surface area contributed by atoms with Crippen molar-refractivity contribution in [3.63, 3.8) is 0 Å². The second kappa shape index (κ2) is 15.2. The number of likely N-dealkylation sites (N-methyl/N-ethyl adjacent to an activating group) is 1. The molecule has 1 saturated heterocycles. The van der Waals surface area contributed by atoms with Crippen LogP contribution in [0.25, 0.3) is 0 Å². The van der Waals surface area contributed by atoms with Gasteiger partial charge in [0.05, 0.1) is 6.61 Å². The number of hydrogen-bond donors (Lipinski definition) is 2. The van der Waals surface area contributed by atoms with E-state index in [4.69, 9.17) is 4.74 Å². The number of guanidine groups is 1. The monoisotopic (exact) mass is 455 g/mol. The third-order valence-electron chi connectivity index (χ3n) is 4.13. The maximum atomic E-state index is 5.60. The summed E-state index contributed by atoms with van der Waals surface area (Å²) in [4.78, 5) is 9.20. The van der Waals surface area contributed by atoms with Crippen molar-refractivity contribution >= 4 is 29.9 Å². The maximum absolute atomic E-state index is 5.60. The molecule has 1 aliphatic heterocycles. The van der Waals surface area contributed by atoms with E-state index in [0.717, 1.165) is 51.8 Å². The summed E-state index contributed by atoms with van der Waals surface area (Å²) in [6.07, 6.45) is 2.38. The zero-order chi connectivity index (χ0) is 16.9. The van der Waals surface area contributed by atoms with Gasteiger partial charge in [-0.05, 0) is 38.9 Å². The Bertz CT molecular complexity index is 328. The molecule has 0 aromatic heterocycles. The Morgan fingerprint density at radius 3 is 2.54 bits per heavy atom. The van der Waals surface area contributed by atoms with Crippen molar-refractivity contribution in [2.24, 2.45) is 10.9 Å². The molecular formula is C17H38IN5O. The van der Waals surface area contributed by atoms with Gasteiger partial charge in [0.1, 0.15) is 0 Å². The highest BCUT2D eigenvalue weighted by molar-refractivity contribution is 14.0. The lowest BCUT2D eigenvalue weighted by molar-refractivity contribution is 0.128. The number of halogens is 1. The fourth-order valence-electron chi connectivity index (χ4n) is 2.54. The van der Waals surface area contributed by atoms with Crippen LogP contribution in [0.4, 0.5) is 0 Å². The number of nitrogens with one attached hydrogen (secondary N) is 2. The van der Waals surface area contributed by atoms with E-state index in [1.165, 1.54) is 26.1 Å². The average Bonchev–Trinajstić information content (AvgIpc) is 2.73. The summed E-state index contributed by atoms with van der Waals surface area (Å²) in [6.45, 7) is 13.5. The van der Waals surface area contributed by atoms with Crippen LogP contribution >= 0.6 is 24.0 Å². The average molecular weight is 455 g/mol. The SMILES string of the molecule is CN=C(NCCOCCC(C)C)NCCN1CCCN(C)CC1.I. The standard InChI is InChI=1S/C17H37N5O.HI/c1-16(2)6-14-23-15-8-20-17(18-3)19-7-11-22-10-5-9-21(4)12-13-22;/h16H,5-15H2,1-4H3,(H2,18,19,20);1H. The van der Waals surface area contributed by atoms with Gasteiger partial charge in [0.15, 0.2) is 5.96 Å². The Labute approximate surface area is 165 Å². The van der Waals surface area contributed by atoms with Crippen LogP contribution in [-0.4, -0.2) is 88.9 Å². The van der Waals surface area contributed by atoms with Gasteiger partial charge in [-0.15, -0.1) is 24.0 Å². The van der Waals surface area contributed by atoms with E-state index in [-0.39, 0.29) is 24.0 Å². The van der Waals surface area contributed by atoms with E-state index in [1.54, 1.807) is 0 Å². The molecule has 0 bridgehead atoms. The third kappa shape index (κ3) is 12.3. The Morgan fingerprint density at radius 1 is 1.08 bits per heavy atom. The van der Waals surface area contributed by atoms with Gasteiger partial charge < -0.3 is 25.2 Å². The van der Waals surface area contributed by atoms with Gasteiger partial charge in [-0.1, -0.05) is 13.8 Å². The number of aliphatic imine (C=N–C) groups is 1. The fraction of sp³-hybridized carbons (Fsp3) is 0.941. The molecule has 0 aliphatic carbocycles. The van der Waals surface area contributed by atoms with Gasteiger partial charge in [-0.25, -0.2) is 0 Å². The van der Waals surface area contributed by atoms with Crippen molar-refractivity contribution in [2.45, 2.75) is 26.7 Å². The second-order valence-electron chi connectivity index (χ2n) is 6.72. The zero-order valence-electron chi connectivity index (χ0n) is 16.0. The molecule has 0 saturated carbocycles. The molecule has 0 amide bonds. The summed E-state index contributed by atoms with van der Waals surface area (Å²) in [6, 6.07) is 0. The first-order chi connectivity index (χ1) is 11.1. The van der Waals surface area contributed by atoms with E-state index in [1.807, 2.05) is 7.05 Å². The first-order valence-electron chi connectivity index (χ1n) is 9.05. The van der Waals surface area contributed by atoms with Crippen LogP contribution in [0.2, 0.25) is 0 Å². The Hall–Kier alpha value is -0.120. The van der Waals surface area contributed by atoms with Crippen LogP contribution in [-0.2, 0) is 4.74 Å². The van der Waals surface area contributed by atoms with E-state index in [2.05, 4.69) is 46.3 Å². The molecule has 0 aromatic rings. The molecule has 7 heteroatoms. The van der Waals surface area contributed by atoms with Gasteiger partial charge >= 0.3 is 0 Å². The summed E-state index contributed by atoms with van der Waals surface area (Å²) in [5.74, 6) is 1.57. The highest BCUT2D eigenvalue weighted by Gasteiger charge is 2.11. The van der Waals surface area contributed by atoms with Crippen molar-refractivity contribution in [3.8, 4) is 0 Å². The summed E-state index contributed by atoms with van der Waals surface area (Å²) in [5.41, 5.74) is 0.